The number of amides is 3. The quantitative estimate of drug-likeness (QED) is 0.673. The first-order valence-electron chi connectivity index (χ1n) is 10.0. The van der Waals surface area contributed by atoms with Crippen LogP contribution in [0.15, 0.2) is 54.7 Å². The van der Waals surface area contributed by atoms with Gasteiger partial charge < -0.3 is 10.2 Å². The highest BCUT2D eigenvalue weighted by Gasteiger charge is 2.39. The first kappa shape index (κ1) is 21.6. The minimum atomic E-state index is -3.40. The molecule has 9 heteroatoms. The van der Waals surface area contributed by atoms with Crippen molar-refractivity contribution in [1.82, 2.24) is 15.5 Å². The van der Waals surface area contributed by atoms with Gasteiger partial charge in [-0.25, -0.2) is 4.39 Å². The summed E-state index contributed by atoms with van der Waals surface area (Å²) in [7, 11) is 0. The monoisotopic (exact) mass is 443 g/mol. The van der Waals surface area contributed by atoms with E-state index in [4.69, 9.17) is 0 Å². The molecule has 0 saturated carbocycles. The fourth-order valence-corrected chi connectivity index (χ4v) is 3.89. The lowest BCUT2D eigenvalue weighted by Crippen LogP contribution is -2.52. The minimum absolute atomic E-state index is 0.0372. The van der Waals surface area contributed by atoms with Crippen LogP contribution in [0.25, 0.3) is 0 Å². The number of piperidine rings is 1. The van der Waals surface area contributed by atoms with Crippen molar-refractivity contribution in [2.45, 2.75) is 37.9 Å². The number of rotatable bonds is 6. The second-order valence-corrected chi connectivity index (χ2v) is 7.80. The number of carbonyl (C=O) groups is 3. The summed E-state index contributed by atoms with van der Waals surface area (Å²) in [6.45, 7) is 3.66. The van der Waals surface area contributed by atoms with Crippen molar-refractivity contribution >= 4 is 17.7 Å². The van der Waals surface area contributed by atoms with Crippen molar-refractivity contribution in [1.29, 1.82) is 0 Å². The molecule has 2 aliphatic heterocycles. The molecule has 0 bridgehead atoms. The number of fused-ring (bicyclic) bond motifs is 1. The number of benzene rings is 2. The fourth-order valence-electron chi connectivity index (χ4n) is 3.89. The maximum atomic E-state index is 14.6. The summed E-state index contributed by atoms with van der Waals surface area (Å²) in [4.78, 5) is 37.6. The Labute approximate surface area is 182 Å². The molecule has 2 heterocycles. The van der Waals surface area contributed by atoms with E-state index in [2.05, 4.69) is 17.2 Å². The molecule has 0 radical (unpaired) electrons. The third-order valence-electron chi connectivity index (χ3n) is 5.68. The summed E-state index contributed by atoms with van der Waals surface area (Å²) in [6.07, 6.45) is 0.424. The standard InChI is InChI=1S/C23H20F3N3O3/c1-13(23(25,26)16-3-5-17(24)6-4-16)27-11-14-2-7-18-15(10-14)12-29(22(18)32)19-8-9-20(30)28-21(19)31/h2-7,10,19,27H,1,8-9,11-12H2,(H,28,30,31). The topological polar surface area (TPSA) is 78.5 Å². The van der Waals surface area contributed by atoms with Gasteiger partial charge in [0.25, 0.3) is 5.91 Å². The molecule has 1 atom stereocenters. The first-order chi connectivity index (χ1) is 15.2. The van der Waals surface area contributed by atoms with Gasteiger partial charge in [-0.1, -0.05) is 18.7 Å². The zero-order valence-electron chi connectivity index (χ0n) is 17.0. The highest BCUT2D eigenvalue weighted by atomic mass is 19.3. The maximum absolute atomic E-state index is 14.6. The molecule has 166 valence electrons. The lowest BCUT2D eigenvalue weighted by Gasteiger charge is -2.29. The molecule has 2 aliphatic rings. The van der Waals surface area contributed by atoms with Crippen LogP contribution < -0.4 is 10.6 Å². The molecule has 3 amide bonds. The number of carbonyl (C=O) groups excluding carboxylic acids is 3. The van der Waals surface area contributed by atoms with Gasteiger partial charge in [0.05, 0.1) is 5.70 Å². The highest BCUT2D eigenvalue weighted by molar-refractivity contribution is 6.05. The van der Waals surface area contributed by atoms with Crippen LogP contribution in [0.2, 0.25) is 0 Å². The van der Waals surface area contributed by atoms with Gasteiger partial charge in [-0.2, -0.15) is 8.78 Å². The largest absolute Gasteiger partial charge is 0.380 e. The SMILES string of the molecule is C=C(NCc1ccc2c(c1)CN(C1CCC(=O)NC1=O)C2=O)C(F)(F)c1ccc(F)cc1. The summed E-state index contributed by atoms with van der Waals surface area (Å²) >= 11 is 0. The average molecular weight is 443 g/mol. The van der Waals surface area contributed by atoms with Crippen LogP contribution in [-0.4, -0.2) is 28.7 Å². The van der Waals surface area contributed by atoms with E-state index in [9.17, 15) is 27.6 Å². The Morgan fingerprint density at radius 2 is 1.88 bits per heavy atom. The summed E-state index contributed by atoms with van der Waals surface area (Å²) in [5.41, 5.74) is 0.850. The number of alkyl halides is 2. The van der Waals surface area contributed by atoms with E-state index in [1.807, 2.05) is 0 Å². The normalized spacial score (nSPS) is 18.4. The van der Waals surface area contributed by atoms with E-state index < -0.39 is 29.4 Å². The van der Waals surface area contributed by atoms with Crippen molar-refractivity contribution in [2.24, 2.45) is 0 Å². The van der Waals surface area contributed by atoms with Crippen LogP contribution in [0.1, 0.15) is 39.9 Å². The van der Waals surface area contributed by atoms with Crippen LogP contribution in [0, 0.1) is 5.82 Å². The predicted octanol–water partition coefficient (Wildman–Crippen LogP) is 2.98. The van der Waals surface area contributed by atoms with Gasteiger partial charge in [-0.05, 0) is 47.9 Å². The van der Waals surface area contributed by atoms with Gasteiger partial charge in [-0.15, -0.1) is 0 Å². The second kappa shape index (κ2) is 8.14. The third kappa shape index (κ3) is 3.98. The number of nitrogens with zero attached hydrogens (tertiary/aromatic N) is 1. The Morgan fingerprint density at radius 3 is 2.56 bits per heavy atom. The van der Waals surface area contributed by atoms with Crippen molar-refractivity contribution in [3.63, 3.8) is 0 Å². The lowest BCUT2D eigenvalue weighted by molar-refractivity contribution is -0.136. The van der Waals surface area contributed by atoms with Gasteiger partial charge >= 0.3 is 5.92 Å². The molecule has 1 fully saturated rings. The summed E-state index contributed by atoms with van der Waals surface area (Å²) in [5, 5.41) is 4.85. The summed E-state index contributed by atoms with van der Waals surface area (Å²) in [6, 6.07) is 8.17. The van der Waals surface area contributed by atoms with Crippen molar-refractivity contribution in [2.75, 3.05) is 0 Å². The molecule has 2 aromatic rings. The Kier molecular flexibility index (Phi) is 5.50. The Balaban J connectivity index is 1.43. The van der Waals surface area contributed by atoms with E-state index in [0.29, 0.717) is 16.7 Å². The Morgan fingerprint density at radius 1 is 1.16 bits per heavy atom. The van der Waals surface area contributed by atoms with Crippen molar-refractivity contribution in [3.05, 3.63) is 82.8 Å². The molecule has 4 rings (SSSR count). The molecule has 0 aliphatic carbocycles. The Bertz CT molecular complexity index is 1120. The lowest BCUT2D eigenvalue weighted by atomic mass is 10.0. The zero-order chi connectivity index (χ0) is 23.0. The molecule has 32 heavy (non-hydrogen) atoms. The highest BCUT2D eigenvalue weighted by Crippen LogP contribution is 2.34. The number of allylic oxidation sites excluding steroid dienone is 1. The second-order valence-electron chi connectivity index (χ2n) is 7.80. The van der Waals surface area contributed by atoms with E-state index in [1.54, 1.807) is 18.2 Å². The smallest absolute Gasteiger partial charge is 0.311 e. The van der Waals surface area contributed by atoms with Crippen LogP contribution in [0.5, 0.6) is 0 Å². The van der Waals surface area contributed by atoms with Gasteiger partial charge in [-0.3, -0.25) is 19.7 Å². The molecule has 6 nitrogen and oxygen atoms in total. The molecule has 0 spiro atoms. The predicted molar refractivity (Wildman–Crippen MR) is 109 cm³/mol. The minimum Gasteiger partial charge on any atom is -0.380 e. The number of imide groups is 1. The van der Waals surface area contributed by atoms with E-state index in [-0.39, 0.29) is 43.3 Å². The molecule has 2 N–H and O–H groups in total. The molecule has 1 saturated heterocycles. The average Bonchev–Trinajstić information content (AvgIpc) is 3.08. The van der Waals surface area contributed by atoms with Crippen LogP contribution in [-0.2, 0) is 28.6 Å². The molecular formula is C23H20F3N3O3. The molecule has 1 unspecified atom stereocenters. The van der Waals surface area contributed by atoms with Gasteiger partial charge in [0.1, 0.15) is 11.9 Å². The van der Waals surface area contributed by atoms with E-state index in [0.717, 1.165) is 24.3 Å². The number of halogens is 3. The van der Waals surface area contributed by atoms with Crippen molar-refractivity contribution in [3.8, 4) is 0 Å². The van der Waals surface area contributed by atoms with Gasteiger partial charge in [0.15, 0.2) is 0 Å². The van der Waals surface area contributed by atoms with Crippen LogP contribution >= 0.6 is 0 Å². The molecular weight excluding hydrogens is 423 g/mol. The van der Waals surface area contributed by atoms with Crippen LogP contribution in [0.4, 0.5) is 13.2 Å². The van der Waals surface area contributed by atoms with Gasteiger partial charge in [0.2, 0.25) is 11.8 Å². The first-order valence-corrected chi connectivity index (χ1v) is 10.0. The summed E-state index contributed by atoms with van der Waals surface area (Å²) in [5.74, 6) is -5.17. The Hall–Kier alpha value is -3.62. The summed E-state index contributed by atoms with van der Waals surface area (Å²) < 4.78 is 42.2. The van der Waals surface area contributed by atoms with Gasteiger partial charge in [0, 0.05) is 30.6 Å². The molecule has 2 aromatic carbocycles. The third-order valence-corrected chi connectivity index (χ3v) is 5.68. The molecule has 0 aromatic heterocycles. The number of hydrogen-bond donors (Lipinski definition) is 2. The van der Waals surface area contributed by atoms with Crippen molar-refractivity contribution < 1.29 is 27.6 Å². The zero-order valence-corrected chi connectivity index (χ0v) is 17.0. The van der Waals surface area contributed by atoms with Crippen LogP contribution in [0.3, 0.4) is 0 Å². The fraction of sp³-hybridized carbons (Fsp3) is 0.261. The van der Waals surface area contributed by atoms with E-state index >= 15 is 0 Å². The van der Waals surface area contributed by atoms with E-state index in [1.165, 1.54) is 4.90 Å². The maximum Gasteiger partial charge on any atom is 0.311 e. The number of hydrogen-bond acceptors (Lipinski definition) is 4. The number of nitrogens with one attached hydrogen (secondary N) is 2.